The smallest absolute Gasteiger partial charge is 0.460 e. The van der Waals surface area contributed by atoms with Gasteiger partial charge in [-0.1, -0.05) is 6.42 Å². The topological polar surface area (TPSA) is 161 Å². The Labute approximate surface area is 236 Å². The molecule has 3 aliphatic rings. The zero-order chi connectivity index (χ0) is 28.9. The van der Waals surface area contributed by atoms with E-state index < -0.39 is 30.6 Å². The van der Waals surface area contributed by atoms with Gasteiger partial charge in [0, 0.05) is 29.8 Å². The van der Waals surface area contributed by atoms with Gasteiger partial charge in [-0.2, -0.15) is 10.1 Å². The highest BCUT2D eigenvalue weighted by molar-refractivity contribution is 5.98. The van der Waals surface area contributed by atoms with E-state index in [0.29, 0.717) is 49.9 Å². The molecule has 2 aromatic rings. The Morgan fingerprint density at radius 3 is 2.37 bits per heavy atom. The molecule has 0 bridgehead atoms. The molecule has 1 aromatic carbocycles. The van der Waals surface area contributed by atoms with E-state index in [2.05, 4.69) is 30.2 Å². The molecule has 12 nitrogen and oxygen atoms in total. The van der Waals surface area contributed by atoms with Gasteiger partial charge in [0.05, 0.1) is 6.04 Å². The summed E-state index contributed by atoms with van der Waals surface area (Å²) in [6.07, 6.45) is 4.92. The number of aromatic amines is 1. The van der Waals surface area contributed by atoms with E-state index in [1.807, 2.05) is 0 Å². The number of halogens is 1. The van der Waals surface area contributed by atoms with Crippen molar-refractivity contribution in [2.75, 3.05) is 31.6 Å². The zero-order valence-corrected chi connectivity index (χ0v) is 22.9. The lowest BCUT2D eigenvalue weighted by atomic mass is 9.78. The Morgan fingerprint density at radius 2 is 1.76 bits per heavy atom. The number of nitrogens with one attached hydrogen (secondary N) is 3. The van der Waals surface area contributed by atoms with Gasteiger partial charge >= 0.3 is 11.8 Å². The molecule has 3 amide bonds. The summed E-state index contributed by atoms with van der Waals surface area (Å²) in [6.45, 7) is 1.50. The summed E-state index contributed by atoms with van der Waals surface area (Å²) in [7, 11) is 0. The third-order valence-electron chi connectivity index (χ3n) is 8.81. The predicted octanol–water partition coefficient (Wildman–Crippen LogP) is 2.84. The van der Waals surface area contributed by atoms with Crippen LogP contribution in [0.3, 0.4) is 0 Å². The Kier molecular flexibility index (Phi) is 9.01. The summed E-state index contributed by atoms with van der Waals surface area (Å²) in [5.41, 5.74) is 1.19. The minimum absolute atomic E-state index is 0.0589. The van der Waals surface area contributed by atoms with Crippen molar-refractivity contribution in [3.63, 3.8) is 0 Å². The fraction of sp³-hybridized carbons (Fsp3) is 0.607. The Balaban J connectivity index is 1.28. The van der Waals surface area contributed by atoms with Gasteiger partial charge in [-0.3, -0.25) is 14.5 Å². The summed E-state index contributed by atoms with van der Waals surface area (Å²) in [4.78, 5) is 57.7. The quantitative estimate of drug-likeness (QED) is 0.376. The van der Waals surface area contributed by atoms with E-state index in [0.717, 1.165) is 32.4 Å². The number of piperidine rings is 1. The van der Waals surface area contributed by atoms with Crippen LogP contribution in [-0.4, -0.2) is 87.4 Å². The number of nitrogens with zero attached hydrogens (tertiary/aromatic N) is 3. The highest BCUT2D eigenvalue weighted by atomic mass is 19.1. The second kappa shape index (κ2) is 12.8. The van der Waals surface area contributed by atoms with Crippen LogP contribution in [0.25, 0.3) is 11.4 Å². The maximum absolute atomic E-state index is 13.8. The average Bonchev–Trinajstić information content (AvgIpc) is 3.63. The second-order valence-corrected chi connectivity index (χ2v) is 11.2. The number of H-pyrrole nitrogens is 1. The standard InChI is InChI=1S/C28H37FN6O6/c29-16-21(31-27(38)39)17-4-6-19(7-5-17)26(37)35-15-12-22(34-13-2-1-3-14-34)23(35)25(36)30-20-10-8-18(9-11-20)24-32-28(40)41-33-24/h8-11,17,19,21-23,31H,1-7,12-16H2,(H,30,36)(H,38,39)(H,32,33,40)/t17-,19-,21-,22+,23-/m1/s1. The molecular formula is C28H37FN6O6. The first kappa shape index (κ1) is 28.8. The van der Waals surface area contributed by atoms with Gasteiger partial charge in [-0.05, 0) is 88.2 Å². The molecular weight excluding hydrogens is 535 g/mol. The van der Waals surface area contributed by atoms with E-state index in [1.54, 1.807) is 29.2 Å². The van der Waals surface area contributed by atoms with Crippen molar-refractivity contribution in [1.29, 1.82) is 0 Å². The number of likely N-dealkylation sites (tertiary alicyclic amines) is 2. The van der Waals surface area contributed by atoms with E-state index in [9.17, 15) is 23.6 Å². The molecule has 5 rings (SSSR count). The molecule has 3 atom stereocenters. The van der Waals surface area contributed by atoms with E-state index in [1.165, 1.54) is 0 Å². The first-order valence-corrected chi connectivity index (χ1v) is 14.4. The molecule has 0 unspecified atom stereocenters. The van der Waals surface area contributed by atoms with E-state index >= 15 is 0 Å². The third-order valence-corrected chi connectivity index (χ3v) is 8.81. The number of amides is 3. The predicted molar refractivity (Wildman–Crippen MR) is 147 cm³/mol. The SMILES string of the molecule is O=C(O)N[C@H](CF)[C@H]1CC[C@H](C(=O)N2CC[C@H](N3CCCCC3)[C@@H]2C(=O)Nc2ccc(-c3nc(=O)o[nH]3)cc2)CC1. The maximum Gasteiger partial charge on any atom is 0.460 e. The minimum Gasteiger partial charge on any atom is -0.465 e. The lowest BCUT2D eigenvalue weighted by Gasteiger charge is -2.38. The van der Waals surface area contributed by atoms with Crippen LogP contribution in [0.15, 0.2) is 33.6 Å². The van der Waals surface area contributed by atoms with Gasteiger partial charge < -0.3 is 25.2 Å². The monoisotopic (exact) mass is 572 g/mol. The second-order valence-electron chi connectivity index (χ2n) is 11.2. The van der Waals surface area contributed by atoms with Crippen LogP contribution in [0.5, 0.6) is 0 Å². The van der Waals surface area contributed by atoms with Gasteiger partial charge in [-0.15, -0.1) is 0 Å². The fourth-order valence-corrected chi connectivity index (χ4v) is 6.70. The number of hydrogen-bond donors (Lipinski definition) is 4. The van der Waals surface area contributed by atoms with Gasteiger partial charge in [0.15, 0.2) is 5.82 Å². The van der Waals surface area contributed by atoms with Gasteiger partial charge in [0.1, 0.15) is 12.7 Å². The number of carbonyl (C=O) groups excluding carboxylic acids is 2. The van der Waals surface area contributed by atoms with Gasteiger partial charge in [-0.25, -0.2) is 14.0 Å². The molecule has 4 N–H and O–H groups in total. The summed E-state index contributed by atoms with van der Waals surface area (Å²) in [6, 6.07) is 5.36. The first-order valence-electron chi connectivity index (χ1n) is 14.4. The van der Waals surface area contributed by atoms with Gasteiger partial charge in [0.2, 0.25) is 11.8 Å². The lowest BCUT2D eigenvalue weighted by Crippen LogP contribution is -2.55. The molecule has 0 spiro atoms. The lowest BCUT2D eigenvalue weighted by molar-refractivity contribution is -0.142. The van der Waals surface area contributed by atoms with Crippen molar-refractivity contribution in [2.24, 2.45) is 11.8 Å². The molecule has 0 radical (unpaired) electrons. The fourth-order valence-electron chi connectivity index (χ4n) is 6.70. The molecule has 2 saturated heterocycles. The van der Waals surface area contributed by atoms with E-state index in [4.69, 9.17) is 5.11 Å². The molecule has 3 heterocycles. The molecule has 222 valence electrons. The summed E-state index contributed by atoms with van der Waals surface area (Å²) < 4.78 is 18.1. The molecule has 13 heteroatoms. The molecule has 1 saturated carbocycles. The molecule has 1 aliphatic carbocycles. The molecule has 3 fully saturated rings. The molecule has 1 aromatic heterocycles. The van der Waals surface area contributed by atoms with Crippen LogP contribution < -0.4 is 16.4 Å². The molecule has 41 heavy (non-hydrogen) atoms. The highest BCUT2D eigenvalue weighted by Crippen LogP contribution is 2.35. The number of anilines is 1. The van der Waals surface area contributed by atoms with Crippen LogP contribution in [-0.2, 0) is 9.59 Å². The number of carbonyl (C=O) groups is 3. The Bertz CT molecular complexity index is 1270. The number of carboxylic acid groups (broad SMARTS) is 1. The maximum atomic E-state index is 13.8. The van der Waals surface area contributed by atoms with Crippen molar-refractivity contribution in [3.8, 4) is 11.4 Å². The first-order chi connectivity index (χ1) is 19.8. The van der Waals surface area contributed by atoms with Crippen molar-refractivity contribution in [1.82, 2.24) is 25.3 Å². The van der Waals surface area contributed by atoms with Crippen LogP contribution in [0.2, 0.25) is 0 Å². The normalized spacial score (nSPS) is 25.9. The van der Waals surface area contributed by atoms with Crippen molar-refractivity contribution >= 4 is 23.6 Å². The van der Waals surface area contributed by atoms with Crippen LogP contribution in [0.4, 0.5) is 14.9 Å². The number of alkyl halides is 1. The summed E-state index contributed by atoms with van der Waals surface area (Å²) in [5.74, 6) is -1.17. The van der Waals surface area contributed by atoms with Gasteiger partial charge in [0.25, 0.3) is 0 Å². The number of benzene rings is 1. The van der Waals surface area contributed by atoms with Crippen LogP contribution >= 0.6 is 0 Å². The van der Waals surface area contributed by atoms with Crippen LogP contribution in [0.1, 0.15) is 51.4 Å². The van der Waals surface area contributed by atoms with E-state index in [-0.39, 0.29) is 35.5 Å². The van der Waals surface area contributed by atoms with Crippen molar-refractivity contribution < 1.29 is 28.4 Å². The highest BCUT2D eigenvalue weighted by Gasteiger charge is 2.46. The summed E-state index contributed by atoms with van der Waals surface area (Å²) >= 11 is 0. The minimum atomic E-state index is -1.25. The largest absolute Gasteiger partial charge is 0.465 e. The third kappa shape index (κ3) is 6.61. The Morgan fingerprint density at radius 1 is 1.05 bits per heavy atom. The number of hydrogen-bond acceptors (Lipinski definition) is 7. The molecule has 2 aliphatic heterocycles. The number of rotatable bonds is 8. The summed E-state index contributed by atoms with van der Waals surface area (Å²) in [5, 5.41) is 16.7. The van der Waals surface area contributed by atoms with Crippen molar-refractivity contribution in [2.45, 2.75) is 69.5 Å². The van der Waals surface area contributed by atoms with Crippen LogP contribution in [0, 0.1) is 11.8 Å². The number of aromatic nitrogens is 2. The van der Waals surface area contributed by atoms with Crippen molar-refractivity contribution in [3.05, 3.63) is 34.8 Å². The average molecular weight is 573 g/mol. The zero-order valence-electron chi connectivity index (χ0n) is 22.9. The Hall–Kier alpha value is -3.74.